The Bertz CT molecular complexity index is 755. The maximum absolute atomic E-state index is 12.3. The van der Waals surface area contributed by atoms with Crippen molar-refractivity contribution in [2.75, 3.05) is 4.72 Å². The van der Waals surface area contributed by atoms with Gasteiger partial charge in [0.15, 0.2) is 0 Å². The molecule has 0 fully saturated rings. The first-order valence-corrected chi connectivity index (χ1v) is 9.79. The molecular formula is C11H7Br2Cl2NO2S2. The molecule has 0 atom stereocenters. The standard InChI is InChI=1S/C11H7Br2Cl2NO2S2/c1-5-4-8(19-11(5)13)20(17,18)16-7-3-2-6(12)9(14)10(7)15/h2-4,16H,1H3. The Morgan fingerprint density at radius 2 is 1.85 bits per heavy atom. The zero-order valence-corrected chi connectivity index (χ0v) is 16.2. The number of rotatable bonds is 3. The highest BCUT2D eigenvalue weighted by Crippen LogP contribution is 2.38. The van der Waals surface area contributed by atoms with Gasteiger partial charge in [-0.1, -0.05) is 23.2 Å². The SMILES string of the molecule is Cc1cc(S(=O)(=O)Nc2ccc(Br)c(Cl)c2Cl)sc1Br. The summed E-state index contributed by atoms with van der Waals surface area (Å²) in [6, 6.07) is 4.76. The third kappa shape index (κ3) is 3.34. The highest BCUT2D eigenvalue weighted by molar-refractivity contribution is 9.11. The van der Waals surface area contributed by atoms with Crippen LogP contribution in [0.4, 0.5) is 5.69 Å². The molecule has 1 aromatic carbocycles. The molecule has 2 rings (SSSR count). The Morgan fingerprint density at radius 1 is 1.20 bits per heavy atom. The van der Waals surface area contributed by atoms with Gasteiger partial charge in [0.05, 0.1) is 19.5 Å². The van der Waals surface area contributed by atoms with Crippen LogP contribution >= 0.6 is 66.4 Å². The second kappa shape index (κ2) is 6.14. The maximum atomic E-state index is 12.3. The van der Waals surface area contributed by atoms with Gasteiger partial charge < -0.3 is 0 Å². The molecule has 0 saturated carbocycles. The molecule has 1 heterocycles. The van der Waals surface area contributed by atoms with Crippen molar-refractivity contribution in [3.63, 3.8) is 0 Å². The van der Waals surface area contributed by atoms with Gasteiger partial charge >= 0.3 is 0 Å². The second-order valence-electron chi connectivity index (χ2n) is 3.85. The van der Waals surface area contributed by atoms with E-state index in [-0.39, 0.29) is 19.9 Å². The third-order valence-corrected chi connectivity index (χ3v) is 8.13. The van der Waals surface area contributed by atoms with Crippen LogP contribution in [0.2, 0.25) is 10.0 Å². The molecule has 0 aliphatic rings. The molecule has 1 aromatic heterocycles. The lowest BCUT2D eigenvalue weighted by molar-refractivity contribution is 0.603. The van der Waals surface area contributed by atoms with Crippen LogP contribution in [0.1, 0.15) is 5.56 Å². The fraction of sp³-hybridized carbons (Fsp3) is 0.0909. The van der Waals surface area contributed by atoms with Crippen molar-refractivity contribution >= 4 is 82.1 Å². The van der Waals surface area contributed by atoms with Crippen molar-refractivity contribution in [2.24, 2.45) is 0 Å². The molecule has 9 heteroatoms. The Labute approximate surface area is 147 Å². The highest BCUT2D eigenvalue weighted by Gasteiger charge is 2.20. The number of halogens is 4. The summed E-state index contributed by atoms with van der Waals surface area (Å²) in [6.45, 7) is 1.82. The zero-order valence-electron chi connectivity index (χ0n) is 9.88. The largest absolute Gasteiger partial charge is 0.277 e. The normalized spacial score (nSPS) is 11.7. The first kappa shape index (κ1) is 16.6. The minimum atomic E-state index is -3.69. The van der Waals surface area contributed by atoms with Gasteiger partial charge in [-0.25, -0.2) is 8.42 Å². The summed E-state index contributed by atoms with van der Waals surface area (Å²) in [6.07, 6.45) is 0. The van der Waals surface area contributed by atoms with E-state index in [4.69, 9.17) is 23.2 Å². The third-order valence-electron chi connectivity index (χ3n) is 2.38. The summed E-state index contributed by atoms with van der Waals surface area (Å²) >= 11 is 19.7. The lowest BCUT2D eigenvalue weighted by Crippen LogP contribution is -2.11. The van der Waals surface area contributed by atoms with E-state index < -0.39 is 10.0 Å². The van der Waals surface area contributed by atoms with E-state index in [1.807, 2.05) is 6.92 Å². The monoisotopic (exact) mass is 477 g/mol. The minimum absolute atomic E-state index is 0.150. The molecule has 108 valence electrons. The number of anilines is 1. The number of hydrogen-bond donors (Lipinski definition) is 1. The van der Waals surface area contributed by atoms with Gasteiger partial charge in [-0.3, -0.25) is 4.72 Å². The number of sulfonamides is 1. The molecule has 0 saturated heterocycles. The van der Waals surface area contributed by atoms with E-state index in [0.29, 0.717) is 4.47 Å². The summed E-state index contributed by atoms with van der Waals surface area (Å²) in [4.78, 5) is 0. The first-order valence-electron chi connectivity index (χ1n) is 5.14. The van der Waals surface area contributed by atoms with Crippen LogP contribution < -0.4 is 4.72 Å². The van der Waals surface area contributed by atoms with Crippen molar-refractivity contribution < 1.29 is 8.42 Å². The summed E-state index contributed by atoms with van der Waals surface area (Å²) < 4.78 is 28.6. The van der Waals surface area contributed by atoms with Gasteiger partial charge in [0.2, 0.25) is 0 Å². The molecule has 0 radical (unpaired) electrons. The Hall–Kier alpha value is 0.210. The zero-order chi connectivity index (χ0) is 15.1. The van der Waals surface area contributed by atoms with Crippen molar-refractivity contribution in [1.29, 1.82) is 0 Å². The second-order valence-corrected chi connectivity index (χ2v) is 9.74. The van der Waals surface area contributed by atoms with Crippen LogP contribution in [-0.2, 0) is 10.0 Å². The molecule has 2 aromatic rings. The minimum Gasteiger partial charge on any atom is -0.277 e. The molecule has 0 aliphatic heterocycles. The van der Waals surface area contributed by atoms with Gasteiger partial charge in [0.1, 0.15) is 4.21 Å². The molecule has 0 unspecified atom stereocenters. The number of thiophene rings is 1. The molecule has 0 spiro atoms. The van der Waals surface area contributed by atoms with E-state index >= 15 is 0 Å². The summed E-state index contributed by atoms with van der Waals surface area (Å²) in [7, 11) is -3.69. The predicted octanol–water partition coefficient (Wildman–Crippen LogP) is 5.69. The molecule has 3 nitrogen and oxygen atoms in total. The fourth-order valence-corrected chi connectivity index (χ4v) is 5.54. The number of benzene rings is 1. The van der Waals surface area contributed by atoms with Crippen molar-refractivity contribution in [1.82, 2.24) is 0 Å². The number of hydrogen-bond acceptors (Lipinski definition) is 3. The van der Waals surface area contributed by atoms with Crippen LogP contribution in [-0.4, -0.2) is 8.42 Å². The smallest absolute Gasteiger partial charge is 0.271 e. The lowest BCUT2D eigenvalue weighted by atomic mass is 10.3. The van der Waals surface area contributed by atoms with Crippen LogP contribution in [0.3, 0.4) is 0 Å². The van der Waals surface area contributed by atoms with E-state index in [1.165, 1.54) is 0 Å². The molecule has 0 amide bonds. The number of aryl methyl sites for hydroxylation is 1. The van der Waals surface area contributed by atoms with E-state index in [2.05, 4.69) is 36.6 Å². The van der Waals surface area contributed by atoms with Crippen molar-refractivity contribution in [3.8, 4) is 0 Å². The van der Waals surface area contributed by atoms with Crippen molar-refractivity contribution in [2.45, 2.75) is 11.1 Å². The molecule has 0 bridgehead atoms. The highest BCUT2D eigenvalue weighted by atomic mass is 79.9. The Morgan fingerprint density at radius 3 is 2.40 bits per heavy atom. The van der Waals surface area contributed by atoms with Crippen LogP contribution in [0, 0.1) is 6.92 Å². The Balaban J connectivity index is 2.41. The predicted molar refractivity (Wildman–Crippen MR) is 91.7 cm³/mol. The quantitative estimate of drug-likeness (QED) is 0.575. The van der Waals surface area contributed by atoms with Crippen LogP contribution in [0.25, 0.3) is 0 Å². The van der Waals surface area contributed by atoms with E-state index in [1.54, 1.807) is 18.2 Å². The Kier molecular flexibility index (Phi) is 5.09. The van der Waals surface area contributed by atoms with Crippen LogP contribution in [0.5, 0.6) is 0 Å². The summed E-state index contributed by atoms with van der Waals surface area (Å²) in [5.74, 6) is 0. The lowest BCUT2D eigenvalue weighted by Gasteiger charge is -2.10. The van der Waals surface area contributed by atoms with Gasteiger partial charge in [-0.15, -0.1) is 11.3 Å². The van der Waals surface area contributed by atoms with Gasteiger partial charge in [0, 0.05) is 4.47 Å². The number of nitrogens with one attached hydrogen (secondary N) is 1. The molecule has 20 heavy (non-hydrogen) atoms. The topological polar surface area (TPSA) is 46.2 Å². The molecule has 1 N–H and O–H groups in total. The summed E-state index contributed by atoms with van der Waals surface area (Å²) in [5.41, 5.74) is 1.09. The van der Waals surface area contributed by atoms with Crippen molar-refractivity contribution in [3.05, 3.63) is 42.1 Å². The first-order chi connectivity index (χ1) is 9.22. The molecular weight excluding hydrogens is 473 g/mol. The average Bonchev–Trinajstić information content (AvgIpc) is 2.71. The van der Waals surface area contributed by atoms with Gasteiger partial charge in [-0.05, 0) is 62.5 Å². The maximum Gasteiger partial charge on any atom is 0.271 e. The fourth-order valence-electron chi connectivity index (χ4n) is 1.36. The van der Waals surface area contributed by atoms with Gasteiger partial charge in [0.25, 0.3) is 10.0 Å². The summed E-state index contributed by atoms with van der Waals surface area (Å²) in [5, 5.41) is 0.410. The van der Waals surface area contributed by atoms with Gasteiger partial charge in [-0.2, -0.15) is 0 Å². The van der Waals surface area contributed by atoms with E-state index in [0.717, 1.165) is 20.7 Å². The molecule has 0 aliphatic carbocycles. The average molecular weight is 480 g/mol. The van der Waals surface area contributed by atoms with E-state index in [9.17, 15) is 8.42 Å². The van der Waals surface area contributed by atoms with Crippen LogP contribution in [0.15, 0.2) is 30.7 Å².